The van der Waals surface area contributed by atoms with Crippen LogP contribution in [0.2, 0.25) is 0 Å². The average molecular weight is 278 g/mol. The maximum Gasteiger partial charge on any atom is 0.237 e. The summed E-state index contributed by atoms with van der Waals surface area (Å²) in [5.74, 6) is -0.814. The molecular formula is C12H24ClN3O2. The van der Waals surface area contributed by atoms with Gasteiger partial charge < -0.3 is 16.8 Å². The summed E-state index contributed by atoms with van der Waals surface area (Å²) in [7, 11) is 0. The minimum Gasteiger partial charge on any atom is -0.370 e. The van der Waals surface area contributed by atoms with Gasteiger partial charge in [-0.1, -0.05) is 13.8 Å². The molecule has 0 bridgehead atoms. The molecule has 1 aliphatic rings. The monoisotopic (exact) mass is 277 g/mol. The Labute approximate surface area is 114 Å². The lowest BCUT2D eigenvalue weighted by atomic mass is 9.75. The first-order valence-electron chi connectivity index (χ1n) is 6.14. The molecule has 0 aromatic heterocycles. The van der Waals surface area contributed by atoms with E-state index in [0.29, 0.717) is 5.41 Å². The van der Waals surface area contributed by atoms with Crippen LogP contribution in [0, 0.1) is 5.41 Å². The Morgan fingerprint density at radius 3 is 2.28 bits per heavy atom. The minimum absolute atomic E-state index is 0. The second kappa shape index (κ2) is 6.95. The molecule has 18 heavy (non-hydrogen) atoms. The molecule has 0 saturated heterocycles. The van der Waals surface area contributed by atoms with E-state index in [9.17, 15) is 9.59 Å². The highest BCUT2D eigenvalue weighted by Gasteiger charge is 2.28. The van der Waals surface area contributed by atoms with Crippen LogP contribution in [0.5, 0.6) is 0 Å². The van der Waals surface area contributed by atoms with Crippen LogP contribution < -0.4 is 16.8 Å². The van der Waals surface area contributed by atoms with Crippen molar-refractivity contribution in [3.05, 3.63) is 0 Å². The summed E-state index contributed by atoms with van der Waals surface area (Å²) in [6.45, 7) is 4.48. The quantitative estimate of drug-likeness (QED) is 0.705. The summed E-state index contributed by atoms with van der Waals surface area (Å²) >= 11 is 0. The van der Waals surface area contributed by atoms with Crippen LogP contribution in [0.1, 0.15) is 46.0 Å². The lowest BCUT2D eigenvalue weighted by Gasteiger charge is -2.34. The maximum atomic E-state index is 11.7. The van der Waals surface area contributed by atoms with E-state index in [1.807, 2.05) is 0 Å². The predicted octanol–water partition coefficient (Wildman–Crippen LogP) is 0.696. The van der Waals surface area contributed by atoms with Crippen molar-refractivity contribution in [2.24, 2.45) is 16.9 Å². The Morgan fingerprint density at radius 2 is 1.83 bits per heavy atom. The standard InChI is InChI=1S/C12H23N3O2.ClH/c1-12(2)5-3-8(4-6-12)15-11(17)9(13)7-10(14)16;/h8-9H,3-7,13H2,1-2H3,(H2,14,16)(H,15,17);1H. The van der Waals surface area contributed by atoms with Crippen LogP contribution in [0.4, 0.5) is 0 Å². The molecule has 1 fully saturated rings. The SMILES string of the molecule is CC1(C)CCC(NC(=O)C(N)CC(N)=O)CC1.Cl. The van der Waals surface area contributed by atoms with E-state index in [4.69, 9.17) is 11.5 Å². The largest absolute Gasteiger partial charge is 0.370 e. The molecule has 1 atom stereocenters. The summed E-state index contributed by atoms with van der Waals surface area (Å²) in [5.41, 5.74) is 10.9. The predicted molar refractivity (Wildman–Crippen MR) is 73.2 cm³/mol. The number of nitrogens with two attached hydrogens (primary N) is 2. The number of amides is 2. The van der Waals surface area contributed by atoms with E-state index in [2.05, 4.69) is 19.2 Å². The fourth-order valence-electron chi connectivity index (χ4n) is 2.16. The zero-order chi connectivity index (χ0) is 13.1. The number of primary amides is 1. The van der Waals surface area contributed by atoms with Gasteiger partial charge in [-0.05, 0) is 31.1 Å². The minimum atomic E-state index is -0.817. The Morgan fingerprint density at radius 1 is 1.33 bits per heavy atom. The van der Waals surface area contributed by atoms with Gasteiger partial charge in [-0.25, -0.2) is 0 Å². The number of hydrogen-bond donors (Lipinski definition) is 3. The summed E-state index contributed by atoms with van der Waals surface area (Å²) in [6, 6.07) is -0.628. The first-order chi connectivity index (χ1) is 7.80. The van der Waals surface area contributed by atoms with Gasteiger partial charge in [0.25, 0.3) is 0 Å². The fraction of sp³-hybridized carbons (Fsp3) is 0.833. The summed E-state index contributed by atoms with van der Waals surface area (Å²) in [5, 5.41) is 2.89. The Balaban J connectivity index is 0.00000289. The molecule has 1 rings (SSSR count). The molecule has 1 aliphatic carbocycles. The number of nitrogens with one attached hydrogen (secondary N) is 1. The van der Waals surface area contributed by atoms with Crippen LogP contribution in [-0.2, 0) is 9.59 Å². The first-order valence-corrected chi connectivity index (χ1v) is 6.14. The third-order valence-corrected chi connectivity index (χ3v) is 3.44. The van der Waals surface area contributed by atoms with Crippen molar-refractivity contribution < 1.29 is 9.59 Å². The van der Waals surface area contributed by atoms with Gasteiger partial charge in [-0.3, -0.25) is 9.59 Å². The molecule has 0 aromatic carbocycles. The summed E-state index contributed by atoms with van der Waals surface area (Å²) in [6.07, 6.45) is 4.06. The van der Waals surface area contributed by atoms with Crippen molar-refractivity contribution >= 4 is 24.2 Å². The van der Waals surface area contributed by atoms with Crippen molar-refractivity contribution in [3.63, 3.8) is 0 Å². The Hall–Kier alpha value is -0.810. The number of rotatable bonds is 4. The Kier molecular flexibility index (Phi) is 6.63. The van der Waals surface area contributed by atoms with Crippen LogP contribution >= 0.6 is 12.4 Å². The van der Waals surface area contributed by atoms with E-state index < -0.39 is 11.9 Å². The van der Waals surface area contributed by atoms with Gasteiger partial charge in [0.1, 0.15) is 0 Å². The molecule has 1 unspecified atom stereocenters. The molecule has 0 aliphatic heterocycles. The van der Waals surface area contributed by atoms with Crippen molar-refractivity contribution in [3.8, 4) is 0 Å². The number of carbonyl (C=O) groups is 2. The number of halogens is 1. The topological polar surface area (TPSA) is 98.2 Å². The average Bonchev–Trinajstić information content (AvgIpc) is 2.20. The molecule has 0 heterocycles. The number of hydrogen-bond acceptors (Lipinski definition) is 3. The molecule has 5 N–H and O–H groups in total. The van der Waals surface area contributed by atoms with Crippen molar-refractivity contribution in [1.82, 2.24) is 5.32 Å². The second-order valence-corrected chi connectivity index (χ2v) is 5.72. The molecule has 6 heteroatoms. The van der Waals surface area contributed by atoms with Crippen LogP contribution in [-0.4, -0.2) is 23.9 Å². The third kappa shape index (κ3) is 5.69. The maximum absolute atomic E-state index is 11.7. The highest BCUT2D eigenvalue weighted by atomic mass is 35.5. The lowest BCUT2D eigenvalue weighted by molar-refractivity contribution is -0.127. The molecule has 0 spiro atoms. The van der Waals surface area contributed by atoms with Crippen molar-refractivity contribution in [1.29, 1.82) is 0 Å². The summed E-state index contributed by atoms with van der Waals surface area (Å²) < 4.78 is 0. The van der Waals surface area contributed by atoms with E-state index in [0.717, 1.165) is 25.7 Å². The molecule has 5 nitrogen and oxygen atoms in total. The molecule has 106 valence electrons. The van der Waals surface area contributed by atoms with E-state index in [1.54, 1.807) is 0 Å². The Bertz CT molecular complexity index is 298. The van der Waals surface area contributed by atoms with E-state index in [-0.39, 0.29) is 30.8 Å². The van der Waals surface area contributed by atoms with E-state index >= 15 is 0 Å². The second-order valence-electron chi connectivity index (χ2n) is 5.72. The van der Waals surface area contributed by atoms with E-state index in [1.165, 1.54) is 0 Å². The van der Waals surface area contributed by atoms with Crippen molar-refractivity contribution in [2.45, 2.75) is 58.0 Å². The smallest absolute Gasteiger partial charge is 0.237 e. The summed E-state index contributed by atoms with van der Waals surface area (Å²) in [4.78, 5) is 22.3. The molecule has 0 aromatic rings. The zero-order valence-corrected chi connectivity index (χ0v) is 11.9. The van der Waals surface area contributed by atoms with Gasteiger partial charge in [0, 0.05) is 6.04 Å². The van der Waals surface area contributed by atoms with Crippen molar-refractivity contribution in [2.75, 3.05) is 0 Å². The molecule has 1 saturated carbocycles. The van der Waals surface area contributed by atoms with Gasteiger partial charge in [0.15, 0.2) is 0 Å². The number of carbonyl (C=O) groups excluding carboxylic acids is 2. The van der Waals surface area contributed by atoms with Gasteiger partial charge in [-0.15, -0.1) is 12.4 Å². The third-order valence-electron chi connectivity index (χ3n) is 3.44. The lowest BCUT2D eigenvalue weighted by Crippen LogP contribution is -2.48. The van der Waals surface area contributed by atoms with Crippen LogP contribution in [0.15, 0.2) is 0 Å². The fourth-order valence-corrected chi connectivity index (χ4v) is 2.16. The van der Waals surface area contributed by atoms with Gasteiger partial charge >= 0.3 is 0 Å². The molecule has 0 radical (unpaired) electrons. The molecule has 2 amide bonds. The highest BCUT2D eigenvalue weighted by Crippen LogP contribution is 2.34. The van der Waals surface area contributed by atoms with Crippen LogP contribution in [0.25, 0.3) is 0 Å². The van der Waals surface area contributed by atoms with Gasteiger partial charge in [0.2, 0.25) is 11.8 Å². The van der Waals surface area contributed by atoms with Gasteiger partial charge in [-0.2, -0.15) is 0 Å². The molecular weight excluding hydrogens is 254 g/mol. The zero-order valence-electron chi connectivity index (χ0n) is 11.1. The van der Waals surface area contributed by atoms with Gasteiger partial charge in [0.05, 0.1) is 12.5 Å². The highest BCUT2D eigenvalue weighted by molar-refractivity contribution is 5.87. The first kappa shape index (κ1) is 17.2. The normalized spacial score (nSPS) is 20.6. The van der Waals surface area contributed by atoms with Crippen LogP contribution in [0.3, 0.4) is 0 Å².